The summed E-state index contributed by atoms with van der Waals surface area (Å²) in [5.74, 6) is 2.46. The molecule has 4 aliphatic rings. The summed E-state index contributed by atoms with van der Waals surface area (Å²) >= 11 is 0. The third-order valence-corrected chi connectivity index (χ3v) is 9.62. The second kappa shape index (κ2) is 10.2. The van der Waals surface area contributed by atoms with Crippen LogP contribution in [-0.4, -0.2) is 57.1 Å². The standard InChI is InChI=1S/C26H32N4O4S.ClH/c31-35(32,22-7-6-20-3-1-2-4-21(20)16-22)30-13-9-26(10-14-30)25(27-11-12-29-26)28-17-19-5-8-23-24(15-19)34-18-33-23;/h5-8,15-16,29H,1-4,9-14,17-18H2,(H,27,28);1H. The van der Waals surface area contributed by atoms with Gasteiger partial charge in [0.15, 0.2) is 11.5 Å². The lowest BCUT2D eigenvalue weighted by Gasteiger charge is -2.44. The Labute approximate surface area is 218 Å². The largest absolute Gasteiger partial charge is 0.454 e. The summed E-state index contributed by atoms with van der Waals surface area (Å²) in [4.78, 5) is 5.24. The minimum Gasteiger partial charge on any atom is -0.454 e. The zero-order valence-electron chi connectivity index (χ0n) is 20.3. The van der Waals surface area contributed by atoms with Gasteiger partial charge in [0, 0.05) is 26.2 Å². The van der Waals surface area contributed by atoms with Crippen LogP contribution < -0.4 is 20.1 Å². The maximum absolute atomic E-state index is 13.5. The second-order valence-electron chi connectivity index (χ2n) is 9.82. The van der Waals surface area contributed by atoms with Gasteiger partial charge in [-0.25, -0.2) is 8.42 Å². The molecule has 0 bridgehead atoms. The van der Waals surface area contributed by atoms with Crippen LogP contribution in [0.15, 0.2) is 46.3 Å². The van der Waals surface area contributed by atoms with Crippen LogP contribution in [0.3, 0.4) is 0 Å². The monoisotopic (exact) mass is 532 g/mol. The number of aryl methyl sites for hydroxylation is 2. The Hall–Kier alpha value is -2.33. The van der Waals surface area contributed by atoms with Gasteiger partial charge < -0.3 is 20.1 Å². The van der Waals surface area contributed by atoms with Gasteiger partial charge in [-0.05, 0) is 79.5 Å². The molecule has 2 N–H and O–H groups in total. The maximum atomic E-state index is 13.5. The highest BCUT2D eigenvalue weighted by atomic mass is 35.5. The first-order valence-corrected chi connectivity index (χ1v) is 14.0. The predicted molar refractivity (Wildman–Crippen MR) is 141 cm³/mol. The molecule has 1 saturated heterocycles. The number of fused-ring (bicyclic) bond motifs is 2. The van der Waals surface area contributed by atoms with Crippen molar-refractivity contribution < 1.29 is 17.9 Å². The summed E-state index contributed by atoms with van der Waals surface area (Å²) in [6.07, 6.45) is 5.71. The summed E-state index contributed by atoms with van der Waals surface area (Å²) in [6, 6.07) is 11.7. The number of nitrogens with zero attached hydrogens (tertiary/aromatic N) is 2. The van der Waals surface area contributed by atoms with E-state index in [1.165, 1.54) is 17.5 Å². The molecule has 1 fully saturated rings. The van der Waals surface area contributed by atoms with Crippen LogP contribution in [0.4, 0.5) is 0 Å². The van der Waals surface area contributed by atoms with Gasteiger partial charge in [-0.15, -0.1) is 12.4 Å². The van der Waals surface area contributed by atoms with Crippen molar-refractivity contribution in [3.05, 3.63) is 53.1 Å². The van der Waals surface area contributed by atoms with Crippen molar-refractivity contribution in [2.75, 3.05) is 33.0 Å². The Bertz CT molecular complexity index is 1260. The van der Waals surface area contributed by atoms with Crippen LogP contribution >= 0.6 is 12.4 Å². The highest BCUT2D eigenvalue weighted by molar-refractivity contribution is 7.89. The van der Waals surface area contributed by atoms with Crippen LogP contribution in [0.1, 0.15) is 42.4 Å². The fraction of sp³-hybridized carbons (Fsp3) is 0.500. The molecular formula is C26H33ClN4O4S. The molecule has 0 saturated carbocycles. The van der Waals surface area contributed by atoms with E-state index in [0.29, 0.717) is 43.9 Å². The number of sulfonamides is 1. The highest BCUT2D eigenvalue weighted by Crippen LogP contribution is 2.33. The topological polar surface area (TPSA) is 92.3 Å². The first kappa shape index (κ1) is 25.3. The smallest absolute Gasteiger partial charge is 0.243 e. The van der Waals surface area contributed by atoms with Crippen LogP contribution in [0.5, 0.6) is 11.5 Å². The van der Waals surface area contributed by atoms with Gasteiger partial charge in [0.2, 0.25) is 16.8 Å². The maximum Gasteiger partial charge on any atom is 0.243 e. The molecule has 36 heavy (non-hydrogen) atoms. The lowest BCUT2D eigenvalue weighted by Crippen LogP contribution is -2.64. The van der Waals surface area contributed by atoms with E-state index < -0.39 is 10.0 Å². The molecular weight excluding hydrogens is 500 g/mol. The predicted octanol–water partition coefficient (Wildman–Crippen LogP) is 3.03. The van der Waals surface area contributed by atoms with Gasteiger partial charge in [0.05, 0.1) is 17.0 Å². The second-order valence-corrected chi connectivity index (χ2v) is 11.8. The molecule has 2 aromatic rings. The highest BCUT2D eigenvalue weighted by Gasteiger charge is 2.43. The number of rotatable bonds is 4. The number of hydrogen-bond donors (Lipinski definition) is 2. The van der Waals surface area contributed by atoms with E-state index >= 15 is 0 Å². The molecule has 8 nitrogen and oxygen atoms in total. The van der Waals surface area contributed by atoms with Gasteiger partial charge in [-0.1, -0.05) is 12.1 Å². The first-order chi connectivity index (χ1) is 17.0. The molecule has 10 heteroatoms. The third kappa shape index (κ3) is 4.69. The lowest BCUT2D eigenvalue weighted by atomic mass is 9.85. The first-order valence-electron chi connectivity index (χ1n) is 12.6. The van der Waals surface area contributed by atoms with E-state index in [9.17, 15) is 8.42 Å². The van der Waals surface area contributed by atoms with Crippen molar-refractivity contribution in [3.8, 4) is 11.5 Å². The number of nitrogens with one attached hydrogen (secondary N) is 2. The van der Waals surface area contributed by atoms with E-state index in [1.54, 1.807) is 10.4 Å². The van der Waals surface area contributed by atoms with E-state index in [2.05, 4.69) is 10.6 Å². The van der Waals surface area contributed by atoms with Gasteiger partial charge in [0.25, 0.3) is 0 Å². The minimum atomic E-state index is -3.51. The number of halogens is 1. The summed E-state index contributed by atoms with van der Waals surface area (Å²) in [7, 11) is -3.51. The molecule has 3 heterocycles. The summed E-state index contributed by atoms with van der Waals surface area (Å²) in [5, 5.41) is 7.19. The van der Waals surface area contributed by atoms with Crippen molar-refractivity contribution >= 4 is 28.3 Å². The Morgan fingerprint density at radius 2 is 1.78 bits per heavy atom. The molecule has 0 unspecified atom stereocenters. The van der Waals surface area contributed by atoms with E-state index in [0.717, 1.165) is 48.7 Å². The van der Waals surface area contributed by atoms with Gasteiger partial charge in [-0.2, -0.15) is 4.31 Å². The number of ether oxygens (including phenoxy) is 2. The SMILES string of the molecule is Cl.O=S(=O)(c1ccc2c(c1)CCCC2)N1CCC2(CC1)NCCN=C2NCc1ccc2c(c1)OCO2. The molecule has 1 spiro atoms. The Kier molecular flexibility index (Phi) is 7.18. The van der Waals surface area contributed by atoms with Crippen LogP contribution in [0.2, 0.25) is 0 Å². The van der Waals surface area contributed by atoms with Crippen molar-refractivity contribution in [2.45, 2.75) is 55.5 Å². The summed E-state index contributed by atoms with van der Waals surface area (Å²) in [5.41, 5.74) is 3.26. The molecule has 0 atom stereocenters. The Morgan fingerprint density at radius 1 is 1.00 bits per heavy atom. The average Bonchev–Trinajstić information content (AvgIpc) is 3.36. The van der Waals surface area contributed by atoms with Crippen molar-refractivity contribution in [2.24, 2.45) is 4.99 Å². The number of amidine groups is 1. The fourth-order valence-electron chi connectivity index (χ4n) is 5.70. The molecule has 0 radical (unpaired) electrons. The summed E-state index contributed by atoms with van der Waals surface area (Å²) < 4.78 is 39.5. The average molecular weight is 533 g/mol. The Morgan fingerprint density at radius 3 is 2.61 bits per heavy atom. The van der Waals surface area contributed by atoms with Gasteiger partial charge >= 0.3 is 0 Å². The van der Waals surface area contributed by atoms with Crippen LogP contribution in [0.25, 0.3) is 0 Å². The van der Waals surface area contributed by atoms with Crippen molar-refractivity contribution in [1.29, 1.82) is 0 Å². The number of piperidine rings is 1. The molecule has 0 aromatic heterocycles. The van der Waals surface area contributed by atoms with Crippen molar-refractivity contribution in [3.63, 3.8) is 0 Å². The molecule has 2 aromatic carbocycles. The minimum absolute atomic E-state index is 0. The Balaban J connectivity index is 0.00000267. The van der Waals surface area contributed by atoms with Gasteiger partial charge in [-0.3, -0.25) is 4.99 Å². The number of aliphatic imine (C=N–C) groups is 1. The van der Waals surface area contributed by atoms with E-state index in [1.807, 2.05) is 30.3 Å². The van der Waals surface area contributed by atoms with Gasteiger partial charge in [0.1, 0.15) is 5.84 Å². The lowest BCUT2D eigenvalue weighted by molar-refractivity contribution is 0.174. The molecule has 3 aliphatic heterocycles. The van der Waals surface area contributed by atoms with E-state index in [4.69, 9.17) is 14.5 Å². The zero-order chi connectivity index (χ0) is 23.9. The van der Waals surface area contributed by atoms with Crippen LogP contribution in [-0.2, 0) is 29.4 Å². The van der Waals surface area contributed by atoms with Crippen molar-refractivity contribution in [1.82, 2.24) is 14.9 Å². The molecule has 0 amide bonds. The number of benzene rings is 2. The quantitative estimate of drug-likeness (QED) is 0.629. The molecule has 194 valence electrons. The summed E-state index contributed by atoms with van der Waals surface area (Å²) in [6.45, 7) is 3.33. The molecule has 1 aliphatic carbocycles. The normalized spacial score (nSPS) is 20.8. The van der Waals surface area contributed by atoms with Crippen LogP contribution in [0, 0.1) is 0 Å². The van der Waals surface area contributed by atoms with E-state index in [-0.39, 0.29) is 24.7 Å². The zero-order valence-corrected chi connectivity index (χ0v) is 21.9. The third-order valence-electron chi connectivity index (χ3n) is 7.73. The fourth-order valence-corrected chi connectivity index (χ4v) is 7.19. The molecule has 6 rings (SSSR count). The number of hydrogen-bond acceptors (Lipinski definition) is 7.